The monoisotopic (exact) mass is 263 g/mol. The van der Waals surface area contributed by atoms with Crippen LogP contribution in [0.15, 0.2) is 34.7 Å². The molecule has 0 amide bonds. The molecule has 100 valence electrons. The van der Waals surface area contributed by atoms with Gasteiger partial charge in [-0.15, -0.1) is 0 Å². The first-order valence-electron chi connectivity index (χ1n) is 5.83. The predicted octanol–water partition coefficient (Wildman–Crippen LogP) is 3.60. The molecule has 0 saturated carbocycles. The molecule has 19 heavy (non-hydrogen) atoms. The lowest BCUT2D eigenvalue weighted by Gasteiger charge is -2.14. The standard InChI is InChI=1S/C14H14FNO3/c1-8-3-6-13(19-8)9(2)16-12-7-10(14(17)18)4-5-11(12)15/h3-7,9,16H,1-2H3,(H,17,18). The highest BCUT2D eigenvalue weighted by Crippen LogP contribution is 2.24. The number of benzene rings is 1. The molecular formula is C14H14FNO3. The van der Waals surface area contributed by atoms with Crippen molar-refractivity contribution in [2.45, 2.75) is 19.9 Å². The zero-order chi connectivity index (χ0) is 14.0. The van der Waals surface area contributed by atoms with Crippen LogP contribution in [0.25, 0.3) is 0 Å². The Morgan fingerprint density at radius 3 is 2.68 bits per heavy atom. The topological polar surface area (TPSA) is 62.5 Å². The number of halogens is 1. The highest BCUT2D eigenvalue weighted by molar-refractivity contribution is 5.88. The van der Waals surface area contributed by atoms with Gasteiger partial charge < -0.3 is 14.8 Å². The van der Waals surface area contributed by atoms with E-state index in [-0.39, 0.29) is 17.3 Å². The molecule has 1 heterocycles. The summed E-state index contributed by atoms with van der Waals surface area (Å²) in [5.41, 5.74) is 0.174. The first kappa shape index (κ1) is 13.1. The van der Waals surface area contributed by atoms with Gasteiger partial charge in [0.05, 0.1) is 17.3 Å². The molecule has 0 aliphatic heterocycles. The summed E-state index contributed by atoms with van der Waals surface area (Å²) in [6.07, 6.45) is 0. The van der Waals surface area contributed by atoms with Gasteiger partial charge in [-0.25, -0.2) is 9.18 Å². The van der Waals surface area contributed by atoms with Gasteiger partial charge in [-0.3, -0.25) is 0 Å². The number of nitrogens with one attached hydrogen (secondary N) is 1. The van der Waals surface area contributed by atoms with E-state index in [0.29, 0.717) is 5.76 Å². The second kappa shape index (κ2) is 5.14. The van der Waals surface area contributed by atoms with E-state index in [1.807, 2.05) is 19.9 Å². The van der Waals surface area contributed by atoms with E-state index in [1.54, 1.807) is 6.07 Å². The molecule has 5 heteroatoms. The van der Waals surface area contributed by atoms with Crippen LogP contribution in [0.1, 0.15) is 34.8 Å². The maximum absolute atomic E-state index is 13.6. The Bertz CT molecular complexity index is 606. The van der Waals surface area contributed by atoms with E-state index in [4.69, 9.17) is 9.52 Å². The lowest BCUT2D eigenvalue weighted by Crippen LogP contribution is -2.08. The minimum atomic E-state index is -1.09. The Kier molecular flexibility index (Phi) is 3.55. The molecular weight excluding hydrogens is 249 g/mol. The van der Waals surface area contributed by atoms with Crippen molar-refractivity contribution in [1.82, 2.24) is 0 Å². The zero-order valence-electron chi connectivity index (χ0n) is 10.6. The molecule has 2 rings (SSSR count). The average Bonchev–Trinajstić information content (AvgIpc) is 2.78. The number of aromatic carboxylic acids is 1. The van der Waals surface area contributed by atoms with E-state index in [0.717, 1.165) is 11.8 Å². The van der Waals surface area contributed by atoms with Crippen molar-refractivity contribution in [2.24, 2.45) is 0 Å². The first-order valence-corrected chi connectivity index (χ1v) is 5.83. The number of carboxylic acid groups (broad SMARTS) is 1. The Hall–Kier alpha value is -2.30. The average molecular weight is 263 g/mol. The van der Waals surface area contributed by atoms with Crippen molar-refractivity contribution >= 4 is 11.7 Å². The minimum Gasteiger partial charge on any atom is -0.478 e. The molecule has 0 aliphatic rings. The summed E-state index contributed by atoms with van der Waals surface area (Å²) in [5, 5.41) is 11.8. The number of hydrogen-bond donors (Lipinski definition) is 2. The number of furan rings is 1. The third kappa shape index (κ3) is 2.93. The van der Waals surface area contributed by atoms with E-state index in [9.17, 15) is 9.18 Å². The lowest BCUT2D eigenvalue weighted by atomic mass is 10.1. The van der Waals surface area contributed by atoms with Crippen molar-refractivity contribution in [2.75, 3.05) is 5.32 Å². The van der Waals surface area contributed by atoms with Crippen LogP contribution in [0.2, 0.25) is 0 Å². The molecule has 0 saturated heterocycles. The fourth-order valence-electron chi connectivity index (χ4n) is 1.76. The van der Waals surface area contributed by atoms with E-state index < -0.39 is 11.8 Å². The molecule has 0 fully saturated rings. The van der Waals surface area contributed by atoms with Gasteiger partial charge in [0.1, 0.15) is 17.3 Å². The van der Waals surface area contributed by atoms with Gasteiger partial charge in [0.2, 0.25) is 0 Å². The van der Waals surface area contributed by atoms with E-state index >= 15 is 0 Å². The van der Waals surface area contributed by atoms with Crippen LogP contribution in [0.3, 0.4) is 0 Å². The highest BCUT2D eigenvalue weighted by Gasteiger charge is 2.13. The highest BCUT2D eigenvalue weighted by atomic mass is 19.1. The Morgan fingerprint density at radius 2 is 2.11 bits per heavy atom. The number of carboxylic acids is 1. The van der Waals surface area contributed by atoms with Crippen LogP contribution >= 0.6 is 0 Å². The smallest absolute Gasteiger partial charge is 0.335 e. The third-order valence-corrected chi connectivity index (χ3v) is 2.77. The van der Waals surface area contributed by atoms with Gasteiger partial charge in [-0.2, -0.15) is 0 Å². The fraction of sp³-hybridized carbons (Fsp3) is 0.214. The van der Waals surface area contributed by atoms with Crippen LogP contribution in [0.4, 0.5) is 10.1 Å². The summed E-state index contributed by atoms with van der Waals surface area (Å²) in [6.45, 7) is 3.63. The largest absolute Gasteiger partial charge is 0.478 e. The molecule has 1 aromatic heterocycles. The maximum atomic E-state index is 13.6. The summed E-state index contributed by atoms with van der Waals surface area (Å²) >= 11 is 0. The first-order chi connectivity index (χ1) is 8.97. The van der Waals surface area contributed by atoms with Crippen molar-refractivity contribution < 1.29 is 18.7 Å². The number of aryl methyl sites for hydroxylation is 1. The molecule has 2 aromatic rings. The normalized spacial score (nSPS) is 12.2. The Balaban J connectivity index is 2.22. The van der Waals surface area contributed by atoms with Gasteiger partial charge in [0.15, 0.2) is 0 Å². The molecule has 1 aromatic carbocycles. The number of hydrogen-bond acceptors (Lipinski definition) is 3. The second-order valence-electron chi connectivity index (χ2n) is 4.31. The minimum absolute atomic E-state index is 0.0340. The van der Waals surface area contributed by atoms with Crippen molar-refractivity contribution in [3.8, 4) is 0 Å². The SMILES string of the molecule is Cc1ccc(C(C)Nc2cc(C(=O)O)ccc2F)o1. The van der Waals surface area contributed by atoms with Gasteiger partial charge in [0.25, 0.3) is 0 Å². The Morgan fingerprint density at radius 1 is 1.37 bits per heavy atom. The molecule has 0 radical (unpaired) electrons. The van der Waals surface area contributed by atoms with E-state index in [2.05, 4.69) is 5.32 Å². The zero-order valence-corrected chi connectivity index (χ0v) is 10.6. The third-order valence-electron chi connectivity index (χ3n) is 2.77. The molecule has 0 spiro atoms. The molecule has 1 unspecified atom stereocenters. The molecule has 0 aliphatic carbocycles. The molecule has 4 nitrogen and oxygen atoms in total. The number of rotatable bonds is 4. The van der Waals surface area contributed by atoms with Crippen LogP contribution in [0, 0.1) is 12.7 Å². The summed E-state index contributed by atoms with van der Waals surface area (Å²) in [7, 11) is 0. The van der Waals surface area contributed by atoms with Gasteiger partial charge in [-0.1, -0.05) is 0 Å². The molecule has 0 bridgehead atoms. The summed E-state index contributed by atoms with van der Waals surface area (Å²) in [6, 6.07) is 6.98. The maximum Gasteiger partial charge on any atom is 0.335 e. The molecule has 2 N–H and O–H groups in total. The van der Waals surface area contributed by atoms with Gasteiger partial charge >= 0.3 is 5.97 Å². The van der Waals surface area contributed by atoms with Crippen molar-refractivity contribution in [3.05, 3.63) is 53.2 Å². The summed E-state index contributed by atoms with van der Waals surface area (Å²) in [5.74, 6) is -0.161. The number of anilines is 1. The number of carbonyl (C=O) groups is 1. The van der Waals surface area contributed by atoms with Crippen molar-refractivity contribution in [1.29, 1.82) is 0 Å². The quantitative estimate of drug-likeness (QED) is 0.884. The summed E-state index contributed by atoms with van der Waals surface area (Å²) in [4.78, 5) is 10.9. The van der Waals surface area contributed by atoms with Crippen LogP contribution in [0.5, 0.6) is 0 Å². The second-order valence-corrected chi connectivity index (χ2v) is 4.31. The predicted molar refractivity (Wildman–Crippen MR) is 68.8 cm³/mol. The Labute approximate surface area is 109 Å². The van der Waals surface area contributed by atoms with Crippen LogP contribution < -0.4 is 5.32 Å². The van der Waals surface area contributed by atoms with Crippen LogP contribution in [-0.4, -0.2) is 11.1 Å². The van der Waals surface area contributed by atoms with E-state index in [1.165, 1.54) is 12.1 Å². The summed E-state index contributed by atoms with van der Waals surface area (Å²) < 4.78 is 19.1. The fourth-order valence-corrected chi connectivity index (χ4v) is 1.76. The van der Waals surface area contributed by atoms with Gasteiger partial charge in [-0.05, 0) is 44.2 Å². The lowest BCUT2D eigenvalue weighted by molar-refractivity contribution is 0.0697. The van der Waals surface area contributed by atoms with Gasteiger partial charge in [0, 0.05) is 0 Å². The van der Waals surface area contributed by atoms with Crippen molar-refractivity contribution in [3.63, 3.8) is 0 Å². The van der Waals surface area contributed by atoms with Crippen LogP contribution in [-0.2, 0) is 0 Å². The molecule has 1 atom stereocenters.